The van der Waals surface area contributed by atoms with Gasteiger partial charge in [0.25, 0.3) is 5.91 Å². The molecule has 3 fully saturated rings. The van der Waals surface area contributed by atoms with Crippen molar-refractivity contribution in [2.75, 3.05) is 19.7 Å². The summed E-state index contributed by atoms with van der Waals surface area (Å²) < 4.78 is 5.84. The molecule has 0 spiro atoms. The fourth-order valence-electron chi connectivity index (χ4n) is 10.2. The van der Waals surface area contributed by atoms with E-state index in [1.54, 1.807) is 12.1 Å². The molecule has 0 saturated carbocycles. The number of phenolic OH excluding ortho intramolecular Hbond substituents is 1. The van der Waals surface area contributed by atoms with E-state index in [-0.39, 0.29) is 23.4 Å². The maximum atomic E-state index is 14.5. The van der Waals surface area contributed by atoms with Crippen molar-refractivity contribution in [2.24, 2.45) is 5.92 Å². The van der Waals surface area contributed by atoms with Crippen LogP contribution in [-0.4, -0.2) is 196 Å². The van der Waals surface area contributed by atoms with Crippen LogP contribution in [-0.2, 0) is 28.8 Å². The van der Waals surface area contributed by atoms with E-state index in [0.717, 1.165) is 77.5 Å². The molecular weight excluding hydrogens is 1070 g/mol. The number of benzene rings is 4. The molecule has 0 aliphatic carbocycles. The summed E-state index contributed by atoms with van der Waals surface area (Å²) >= 11 is 0. The summed E-state index contributed by atoms with van der Waals surface area (Å²) in [5.74, 6) is -8.67. The number of hydrogen-bond acceptors (Lipinski definition) is 17. The zero-order valence-corrected chi connectivity index (χ0v) is 45.7. The minimum absolute atomic E-state index is 0.00973. The second kappa shape index (κ2) is 27.5. The molecule has 3 saturated heterocycles. The molecule has 0 unspecified atom stereocenters. The molecule has 3 aliphatic heterocycles. The smallest absolute Gasteiger partial charge is 0.251 e. The van der Waals surface area contributed by atoms with Gasteiger partial charge in [-0.05, 0) is 84.5 Å². The first-order chi connectivity index (χ1) is 39.0. The number of aromatic hydroxyl groups is 1. The van der Waals surface area contributed by atoms with Crippen molar-refractivity contribution in [3.8, 4) is 33.8 Å². The Kier molecular flexibility index (Phi) is 20.8. The third-order valence-corrected chi connectivity index (χ3v) is 15.0. The van der Waals surface area contributed by atoms with E-state index in [1.807, 2.05) is 48.5 Å². The Morgan fingerprint density at radius 1 is 0.634 bits per heavy atom. The predicted octanol–water partition coefficient (Wildman–Crippen LogP) is -0.927. The molecule has 0 bridgehead atoms. The highest BCUT2D eigenvalue weighted by molar-refractivity contribution is 6.00. The van der Waals surface area contributed by atoms with Gasteiger partial charge in [-0.15, -0.1) is 0 Å². The van der Waals surface area contributed by atoms with Gasteiger partial charge in [0.2, 0.25) is 35.4 Å². The fraction of sp³-hybridized carbons (Fsp3) is 0.466. The Labute approximate surface area is 473 Å². The largest absolute Gasteiger partial charge is 0.508 e. The Bertz CT molecular complexity index is 2880. The van der Waals surface area contributed by atoms with E-state index in [0.29, 0.717) is 12.2 Å². The molecule has 24 heteroatoms. The SMILES string of the molecule is CCCCCOc1ccc(-c2ccc(-c3ccc([14C](=O)N[C@H]4C[C@@H](O)[C@@H](O)NC(=O)[C@@H]5[C@@H](O)[C@@H](C)CN5C(=O)[C@H]([C@H](C)O)NC(=O)[C@H]([C@H](O)[C@@H](O)c5ccc(O)cc5)NC(=O)[C@@H]5C[C@@H](O)CN5C(=O)[C@H]([C@H](C)O)NC4=O)cc3)cc2)cc1. The lowest BCUT2D eigenvalue weighted by Gasteiger charge is -2.34. The molecule has 0 radical (unpaired) electrons. The fourth-order valence-corrected chi connectivity index (χ4v) is 10.2. The molecule has 0 aromatic heterocycles. The quantitative estimate of drug-likeness (QED) is 0.0679. The Morgan fingerprint density at radius 3 is 1.72 bits per heavy atom. The normalized spacial score (nSPS) is 27.5. The number of aliphatic hydroxyl groups excluding tert-OH is 8. The zero-order chi connectivity index (χ0) is 59.7. The van der Waals surface area contributed by atoms with Crippen molar-refractivity contribution in [2.45, 2.75) is 145 Å². The minimum atomic E-state index is -2.29. The van der Waals surface area contributed by atoms with Crippen LogP contribution in [0.3, 0.4) is 0 Å². The van der Waals surface area contributed by atoms with Crippen molar-refractivity contribution in [3.05, 3.63) is 108 Å². The number of phenols is 1. The number of amides is 7. The van der Waals surface area contributed by atoms with Crippen molar-refractivity contribution < 1.29 is 84.3 Å². The number of nitrogens with zero attached hydrogens (tertiary/aromatic N) is 2. The van der Waals surface area contributed by atoms with Crippen LogP contribution in [0.4, 0.5) is 0 Å². The van der Waals surface area contributed by atoms with Gasteiger partial charge in [0.05, 0.1) is 31.0 Å². The third kappa shape index (κ3) is 14.7. The van der Waals surface area contributed by atoms with Gasteiger partial charge in [-0.1, -0.05) is 87.4 Å². The number of hydrogen-bond donors (Lipinski definition) is 14. The third-order valence-electron chi connectivity index (χ3n) is 15.0. The van der Waals surface area contributed by atoms with Crippen LogP contribution < -0.4 is 31.3 Å². The molecule has 7 rings (SSSR count). The first kappa shape index (κ1) is 62.1. The molecule has 4 aromatic rings. The topological polar surface area (TPSA) is 377 Å². The highest BCUT2D eigenvalue weighted by Crippen LogP contribution is 2.30. The summed E-state index contributed by atoms with van der Waals surface area (Å²) in [5.41, 5.74) is 3.37. The average molecular weight is 1140 g/mol. The van der Waals surface area contributed by atoms with Gasteiger partial charge in [0.15, 0.2) is 6.23 Å². The van der Waals surface area contributed by atoms with Crippen LogP contribution >= 0.6 is 0 Å². The van der Waals surface area contributed by atoms with Gasteiger partial charge in [-0.2, -0.15) is 0 Å². The van der Waals surface area contributed by atoms with Gasteiger partial charge in [0, 0.05) is 37.4 Å². The lowest BCUT2D eigenvalue weighted by Crippen LogP contribution is -2.64. The number of aliphatic hydroxyl groups is 8. The second-order valence-corrected chi connectivity index (χ2v) is 21.3. The molecule has 7 amide bonds. The van der Waals surface area contributed by atoms with E-state index in [1.165, 1.54) is 31.2 Å². The predicted molar refractivity (Wildman–Crippen MR) is 293 cm³/mol. The summed E-state index contributed by atoms with van der Waals surface area (Å²) in [4.78, 5) is 102. The van der Waals surface area contributed by atoms with Crippen molar-refractivity contribution in [1.82, 2.24) is 36.4 Å². The van der Waals surface area contributed by atoms with Crippen LogP contribution in [0.25, 0.3) is 22.3 Å². The van der Waals surface area contributed by atoms with Crippen LogP contribution in [0.2, 0.25) is 0 Å². The van der Waals surface area contributed by atoms with Gasteiger partial charge < -0.3 is 87.1 Å². The maximum absolute atomic E-state index is 14.5. The first-order valence-electron chi connectivity index (χ1n) is 27.3. The number of fused-ring (bicyclic) bond motifs is 2. The van der Waals surface area contributed by atoms with Crippen molar-refractivity contribution in [1.29, 1.82) is 0 Å². The first-order valence-corrected chi connectivity index (χ1v) is 27.3. The molecule has 82 heavy (non-hydrogen) atoms. The van der Waals surface area contributed by atoms with Gasteiger partial charge in [-0.3, -0.25) is 33.6 Å². The van der Waals surface area contributed by atoms with Crippen LogP contribution in [0.5, 0.6) is 11.5 Å². The summed E-state index contributed by atoms with van der Waals surface area (Å²) in [7, 11) is 0. The van der Waals surface area contributed by atoms with Crippen LogP contribution in [0.1, 0.15) is 81.8 Å². The highest BCUT2D eigenvalue weighted by atomic mass is 16.5. The molecule has 3 heterocycles. The lowest BCUT2D eigenvalue weighted by atomic mass is 9.96. The molecule has 15 atom stereocenters. The average Bonchev–Trinajstić information content (AvgIpc) is 4.06. The number of ether oxygens (including phenoxy) is 1. The van der Waals surface area contributed by atoms with Crippen LogP contribution in [0, 0.1) is 5.92 Å². The monoisotopic (exact) mass is 1140 g/mol. The van der Waals surface area contributed by atoms with E-state index >= 15 is 0 Å². The number of carbonyl (C=O) groups excluding carboxylic acids is 7. The highest BCUT2D eigenvalue weighted by Gasteiger charge is 2.50. The van der Waals surface area contributed by atoms with Crippen molar-refractivity contribution in [3.63, 3.8) is 0 Å². The molecule has 24 nitrogen and oxygen atoms in total. The number of carbonyl (C=O) groups is 7. The van der Waals surface area contributed by atoms with Gasteiger partial charge >= 0.3 is 0 Å². The summed E-state index contributed by atoms with van der Waals surface area (Å²) in [5, 5.41) is 111. The number of nitrogens with one attached hydrogen (secondary N) is 5. The molecule has 3 aliphatic rings. The van der Waals surface area contributed by atoms with E-state index in [2.05, 4.69) is 33.5 Å². The van der Waals surface area contributed by atoms with Crippen LogP contribution in [0.15, 0.2) is 97.1 Å². The molecule has 4 aromatic carbocycles. The maximum Gasteiger partial charge on any atom is 0.251 e. The standard InChI is InChI=1S/C58H73N7O17/c1-5-6-7-24-82-40-22-18-35(19-23-40)33-10-8-32(9-11-33)34-12-14-37(15-13-34)51(74)59-41-26-43(70)54(77)63-56(79)47-48(71)29(2)27-65(47)58(81)45(31(4)67)61-55(78)46(50(73)49(72)36-16-20-38(68)21-17-36)62-53(76)42-25-39(69)28-64(42)57(80)44(30(3)66)60-52(41)75/h8-23,29-31,39,41-50,54,66-73,77H,5-7,24-28H2,1-4H3,(H,59,74)(H,60,75)(H,61,78)(H,62,76)(H,63,79)/t29-,30-,31-,39+,41-,42-,43+,44-,45-,46-,47-,48-,49-,50-,54+/m0/s1/i51+2. The number of unbranched alkanes of at least 4 members (excludes halogenated alkanes) is 2. The minimum Gasteiger partial charge on any atom is -0.508 e. The lowest BCUT2D eigenvalue weighted by molar-refractivity contribution is -0.148. The van der Waals surface area contributed by atoms with E-state index in [4.69, 9.17) is 4.74 Å². The van der Waals surface area contributed by atoms with Gasteiger partial charge in [0.1, 0.15) is 66.1 Å². The Hall–Kier alpha value is -7.55. The van der Waals surface area contributed by atoms with E-state index < -0.39 is 152 Å². The van der Waals surface area contributed by atoms with Crippen molar-refractivity contribution >= 4 is 41.4 Å². The molecule has 442 valence electrons. The zero-order valence-electron chi connectivity index (χ0n) is 45.7. The van der Waals surface area contributed by atoms with Gasteiger partial charge in [-0.25, -0.2) is 0 Å². The Balaban J connectivity index is 1.18. The van der Waals surface area contributed by atoms with E-state index in [9.17, 15) is 79.5 Å². The molecular formula is C58H73N7O17. The summed E-state index contributed by atoms with van der Waals surface area (Å²) in [6.07, 6.45) is -13.6. The summed E-state index contributed by atoms with van der Waals surface area (Å²) in [6, 6.07) is 14.7. The molecule has 14 N–H and O–H groups in total. The summed E-state index contributed by atoms with van der Waals surface area (Å²) in [6.45, 7) is 5.47. The Morgan fingerprint density at radius 2 is 1.16 bits per heavy atom. The number of rotatable bonds is 14. The second-order valence-electron chi connectivity index (χ2n) is 21.3.